The summed E-state index contributed by atoms with van der Waals surface area (Å²) in [6.45, 7) is 2.01. The van der Waals surface area contributed by atoms with Crippen LogP contribution in [0.25, 0.3) is 10.9 Å². The van der Waals surface area contributed by atoms with Crippen molar-refractivity contribution in [3.05, 3.63) is 34.2 Å². The van der Waals surface area contributed by atoms with Gasteiger partial charge in [0, 0.05) is 17.6 Å². The van der Waals surface area contributed by atoms with E-state index in [0.717, 1.165) is 21.6 Å². The topological polar surface area (TPSA) is 80.5 Å². The van der Waals surface area contributed by atoms with E-state index in [-0.39, 0.29) is 5.25 Å². The minimum Gasteiger partial charge on any atom is -0.384 e. The number of nitrogen functional groups attached to an aromatic ring is 1. The fraction of sp³-hybridized carbons (Fsp3) is 0.214. The summed E-state index contributed by atoms with van der Waals surface area (Å²) in [4.78, 5) is 16.2. The quantitative estimate of drug-likeness (QED) is 0.290. The number of nitrogens with one attached hydrogen (secondary N) is 1. The molecule has 0 aromatic carbocycles. The van der Waals surface area contributed by atoms with E-state index in [1.54, 1.807) is 12.3 Å². The molecule has 23 heavy (non-hydrogen) atoms. The lowest BCUT2D eigenvalue weighted by Crippen LogP contribution is -1.99. The Morgan fingerprint density at radius 3 is 2.74 bits per heavy atom. The second-order valence-corrected chi connectivity index (χ2v) is 7.67. The Morgan fingerprint density at radius 2 is 2.00 bits per heavy atom. The lowest BCUT2D eigenvalue weighted by atomic mass is 10.2. The first-order valence-electron chi connectivity index (χ1n) is 6.66. The average Bonchev–Trinajstić information content (AvgIpc) is 2.88. The van der Waals surface area contributed by atoms with Gasteiger partial charge in [-0.3, -0.25) is 0 Å². The van der Waals surface area contributed by atoms with Crippen molar-refractivity contribution in [2.45, 2.75) is 22.4 Å². The number of fused-ring (bicyclic) bond motifs is 1. The van der Waals surface area contributed by atoms with Crippen LogP contribution in [-0.2, 0) is 0 Å². The number of halogens is 2. The first kappa shape index (κ1) is 16.7. The molecule has 3 N–H and O–H groups in total. The van der Waals surface area contributed by atoms with Gasteiger partial charge < -0.3 is 10.7 Å². The van der Waals surface area contributed by atoms with Crippen molar-refractivity contribution in [1.29, 1.82) is 0 Å². The number of anilines is 1. The summed E-state index contributed by atoms with van der Waals surface area (Å²) in [5.74, 6) is 0.453. The van der Waals surface area contributed by atoms with Crippen molar-refractivity contribution < 1.29 is 0 Å². The van der Waals surface area contributed by atoms with Crippen LogP contribution >= 0.6 is 46.7 Å². The van der Waals surface area contributed by atoms with Crippen LogP contribution in [0.5, 0.6) is 0 Å². The Kier molecular flexibility index (Phi) is 4.91. The third-order valence-corrected chi connectivity index (χ3v) is 5.41. The molecule has 0 radical (unpaired) electrons. The van der Waals surface area contributed by atoms with E-state index >= 15 is 0 Å². The molecule has 0 saturated carbocycles. The molecule has 0 fully saturated rings. The largest absolute Gasteiger partial charge is 0.384 e. The van der Waals surface area contributed by atoms with Gasteiger partial charge in [-0.2, -0.15) is 0 Å². The highest BCUT2D eigenvalue weighted by atomic mass is 35.5. The number of thioether (sulfide) groups is 2. The molecule has 0 spiro atoms. The Balaban J connectivity index is 1.93. The molecule has 0 saturated heterocycles. The van der Waals surface area contributed by atoms with Crippen molar-refractivity contribution >= 4 is 63.4 Å². The van der Waals surface area contributed by atoms with Crippen LogP contribution in [0.1, 0.15) is 17.9 Å². The van der Waals surface area contributed by atoms with E-state index in [1.165, 1.54) is 23.5 Å². The number of H-pyrrole nitrogens is 1. The molecule has 3 aromatic heterocycles. The maximum absolute atomic E-state index is 6.23. The lowest BCUT2D eigenvalue weighted by Gasteiger charge is -2.11. The minimum atomic E-state index is -0.000581. The minimum absolute atomic E-state index is 0.000581. The van der Waals surface area contributed by atoms with Crippen LogP contribution in [0, 0.1) is 0 Å². The third kappa shape index (κ3) is 3.52. The molecular weight excluding hydrogens is 373 g/mol. The Morgan fingerprint density at radius 1 is 1.22 bits per heavy atom. The zero-order chi connectivity index (χ0) is 16.6. The van der Waals surface area contributed by atoms with Gasteiger partial charge in [-0.1, -0.05) is 35.0 Å². The molecule has 120 valence electrons. The first-order valence-corrected chi connectivity index (χ1v) is 9.52. The van der Waals surface area contributed by atoms with E-state index in [2.05, 4.69) is 19.9 Å². The Labute approximate surface area is 151 Å². The van der Waals surface area contributed by atoms with Gasteiger partial charge in [-0.25, -0.2) is 15.0 Å². The van der Waals surface area contributed by atoms with Crippen LogP contribution in [-0.4, -0.2) is 26.2 Å². The number of aromatic nitrogens is 4. The fourth-order valence-corrected chi connectivity index (χ4v) is 3.87. The van der Waals surface area contributed by atoms with Crippen LogP contribution in [0.3, 0.4) is 0 Å². The van der Waals surface area contributed by atoms with Crippen LogP contribution < -0.4 is 5.73 Å². The van der Waals surface area contributed by atoms with Gasteiger partial charge in [-0.05, 0) is 19.2 Å². The van der Waals surface area contributed by atoms with E-state index in [1.807, 2.05) is 19.2 Å². The molecule has 0 aliphatic heterocycles. The van der Waals surface area contributed by atoms with Gasteiger partial charge in [0.1, 0.15) is 10.8 Å². The van der Waals surface area contributed by atoms with Crippen LogP contribution in [0.15, 0.2) is 28.5 Å². The summed E-state index contributed by atoms with van der Waals surface area (Å²) in [5, 5.41) is 3.32. The third-order valence-electron chi connectivity index (χ3n) is 3.21. The van der Waals surface area contributed by atoms with Gasteiger partial charge in [0.05, 0.1) is 21.5 Å². The van der Waals surface area contributed by atoms with Crippen molar-refractivity contribution in [1.82, 2.24) is 19.9 Å². The smallest absolute Gasteiger partial charge is 0.191 e. The standard InChI is InChI=1S/C14H13Cl2N5S2/c1-6(23-14-20-10(17)4-11(21-14)22-2)9-3-7-8(15)5-18-12(7)13(16)19-9/h3-6,18H,1-2H3,(H2,17,20,21). The zero-order valence-electron chi connectivity index (χ0n) is 12.3. The number of aromatic amines is 1. The molecule has 0 bridgehead atoms. The second-order valence-electron chi connectivity index (χ2n) is 4.77. The zero-order valence-corrected chi connectivity index (χ0v) is 15.4. The van der Waals surface area contributed by atoms with E-state index < -0.39 is 0 Å². The first-order chi connectivity index (χ1) is 11.0. The van der Waals surface area contributed by atoms with E-state index in [0.29, 0.717) is 21.2 Å². The predicted molar refractivity (Wildman–Crippen MR) is 98.6 cm³/mol. The molecule has 1 unspecified atom stereocenters. The maximum atomic E-state index is 6.23. The van der Waals surface area contributed by atoms with Crippen molar-refractivity contribution in [3.63, 3.8) is 0 Å². The highest BCUT2D eigenvalue weighted by molar-refractivity contribution is 7.99. The maximum Gasteiger partial charge on any atom is 0.191 e. The molecule has 0 aliphatic carbocycles. The molecule has 3 rings (SSSR count). The normalized spacial score (nSPS) is 12.7. The number of hydrogen-bond acceptors (Lipinski definition) is 6. The highest BCUT2D eigenvalue weighted by Crippen LogP contribution is 2.36. The van der Waals surface area contributed by atoms with Crippen molar-refractivity contribution in [3.8, 4) is 0 Å². The average molecular weight is 386 g/mol. The predicted octanol–water partition coefficient (Wildman–Crippen LogP) is 4.82. The van der Waals surface area contributed by atoms with Gasteiger partial charge in [0.2, 0.25) is 0 Å². The van der Waals surface area contributed by atoms with Gasteiger partial charge in [-0.15, -0.1) is 11.8 Å². The summed E-state index contributed by atoms with van der Waals surface area (Å²) in [5.41, 5.74) is 7.37. The summed E-state index contributed by atoms with van der Waals surface area (Å²) >= 11 is 15.4. The van der Waals surface area contributed by atoms with Gasteiger partial charge >= 0.3 is 0 Å². The number of hydrogen-bond donors (Lipinski definition) is 2. The summed E-state index contributed by atoms with van der Waals surface area (Å²) in [7, 11) is 0. The van der Waals surface area contributed by atoms with Gasteiger partial charge in [0.15, 0.2) is 10.3 Å². The molecule has 0 amide bonds. The monoisotopic (exact) mass is 385 g/mol. The number of nitrogens with zero attached hydrogens (tertiary/aromatic N) is 3. The summed E-state index contributed by atoms with van der Waals surface area (Å²) < 4.78 is 0. The lowest BCUT2D eigenvalue weighted by molar-refractivity contribution is 0.888. The van der Waals surface area contributed by atoms with E-state index in [4.69, 9.17) is 28.9 Å². The number of rotatable bonds is 4. The van der Waals surface area contributed by atoms with Crippen molar-refractivity contribution in [2.75, 3.05) is 12.0 Å². The molecule has 3 aromatic rings. The highest BCUT2D eigenvalue weighted by Gasteiger charge is 2.16. The summed E-state index contributed by atoms with van der Waals surface area (Å²) in [6, 6.07) is 3.68. The SMILES string of the molecule is CSc1cc(N)nc(SC(C)c2cc3c(Cl)c[nH]c3c(Cl)n2)n1. The van der Waals surface area contributed by atoms with Gasteiger partial charge in [0.25, 0.3) is 0 Å². The van der Waals surface area contributed by atoms with Crippen LogP contribution in [0.4, 0.5) is 5.82 Å². The molecule has 0 aliphatic rings. The number of pyridine rings is 1. The van der Waals surface area contributed by atoms with Crippen molar-refractivity contribution in [2.24, 2.45) is 0 Å². The Hall–Kier alpha value is -1.15. The molecule has 9 heteroatoms. The fourth-order valence-electron chi connectivity index (χ4n) is 2.08. The van der Waals surface area contributed by atoms with Crippen LogP contribution in [0.2, 0.25) is 10.2 Å². The summed E-state index contributed by atoms with van der Waals surface area (Å²) in [6.07, 6.45) is 3.65. The second kappa shape index (κ2) is 6.76. The Bertz CT molecular complexity index is 868. The van der Waals surface area contributed by atoms with E-state index in [9.17, 15) is 0 Å². The molecule has 5 nitrogen and oxygen atoms in total. The molecular formula is C14H13Cl2N5S2. The number of nitrogens with two attached hydrogens (primary N) is 1. The molecule has 1 atom stereocenters. The molecule has 3 heterocycles.